The SMILES string of the molecule is CC[P+](c1ccccc1)(c1ccccc1)c1ccccc1.O.O.[Br-]. The van der Waals surface area contributed by atoms with Crippen LogP contribution in [0.15, 0.2) is 91.0 Å². The van der Waals surface area contributed by atoms with E-state index < -0.39 is 7.26 Å². The summed E-state index contributed by atoms with van der Waals surface area (Å²) in [6.45, 7) is 2.32. The molecule has 0 aliphatic rings. The highest BCUT2D eigenvalue weighted by Crippen LogP contribution is 2.54. The van der Waals surface area contributed by atoms with E-state index >= 15 is 0 Å². The summed E-state index contributed by atoms with van der Waals surface area (Å²) in [6.07, 6.45) is 1.14. The molecule has 0 bridgehead atoms. The molecule has 128 valence electrons. The zero-order valence-electron chi connectivity index (χ0n) is 13.7. The maximum Gasteiger partial charge on any atom is 0.111 e. The number of benzene rings is 3. The summed E-state index contributed by atoms with van der Waals surface area (Å²) in [5.41, 5.74) is 0. The van der Waals surface area contributed by atoms with Crippen molar-refractivity contribution in [3.05, 3.63) is 91.0 Å². The molecule has 3 aromatic rings. The van der Waals surface area contributed by atoms with E-state index in [4.69, 9.17) is 0 Å². The molecule has 0 saturated carbocycles. The van der Waals surface area contributed by atoms with Gasteiger partial charge in [-0.05, 0) is 43.3 Å². The Balaban J connectivity index is 0.00000176. The first-order chi connectivity index (χ1) is 10.4. The molecular weight excluding hydrogens is 383 g/mol. The fourth-order valence-electron chi connectivity index (χ4n) is 3.04. The van der Waals surface area contributed by atoms with E-state index in [1.54, 1.807) is 0 Å². The van der Waals surface area contributed by atoms with Crippen molar-refractivity contribution in [1.82, 2.24) is 0 Å². The summed E-state index contributed by atoms with van der Waals surface area (Å²) in [4.78, 5) is 0. The molecule has 0 atom stereocenters. The van der Waals surface area contributed by atoms with Crippen LogP contribution in [0.1, 0.15) is 6.92 Å². The van der Waals surface area contributed by atoms with Crippen LogP contribution >= 0.6 is 7.26 Å². The van der Waals surface area contributed by atoms with E-state index in [1.165, 1.54) is 15.9 Å². The molecule has 0 aliphatic carbocycles. The smallest absolute Gasteiger partial charge is 0.111 e. The van der Waals surface area contributed by atoms with E-state index in [-0.39, 0.29) is 27.9 Å². The normalized spacial score (nSPS) is 9.88. The number of rotatable bonds is 4. The molecular formula is C20H24BrO2P. The quantitative estimate of drug-likeness (QED) is 0.517. The van der Waals surface area contributed by atoms with Gasteiger partial charge in [0, 0.05) is 0 Å². The second-order valence-corrected chi connectivity index (χ2v) is 8.93. The van der Waals surface area contributed by atoms with Crippen LogP contribution in [0.5, 0.6) is 0 Å². The molecule has 0 spiro atoms. The molecule has 2 nitrogen and oxygen atoms in total. The summed E-state index contributed by atoms with van der Waals surface area (Å²) in [7, 11) is -1.53. The Morgan fingerprint density at radius 3 is 1.00 bits per heavy atom. The third-order valence-corrected chi connectivity index (χ3v) is 8.55. The van der Waals surface area contributed by atoms with Gasteiger partial charge in [-0.25, -0.2) is 0 Å². The minimum atomic E-state index is -1.53. The largest absolute Gasteiger partial charge is 1.00 e. The van der Waals surface area contributed by atoms with Gasteiger partial charge in [-0.2, -0.15) is 0 Å². The fraction of sp³-hybridized carbons (Fsp3) is 0.100. The molecule has 0 fully saturated rings. The highest BCUT2D eigenvalue weighted by molar-refractivity contribution is 7.95. The second kappa shape index (κ2) is 10.4. The van der Waals surface area contributed by atoms with Crippen molar-refractivity contribution in [2.24, 2.45) is 0 Å². The Bertz CT molecular complexity index is 594. The molecule has 0 saturated heterocycles. The first-order valence-electron chi connectivity index (χ1n) is 7.43. The van der Waals surface area contributed by atoms with Crippen LogP contribution in [0.2, 0.25) is 0 Å². The molecule has 0 radical (unpaired) electrons. The lowest BCUT2D eigenvalue weighted by atomic mass is 10.4. The van der Waals surface area contributed by atoms with Crippen LogP contribution in [0.4, 0.5) is 0 Å². The molecule has 3 aromatic carbocycles. The lowest BCUT2D eigenvalue weighted by Crippen LogP contribution is -3.00. The predicted octanol–water partition coefficient (Wildman–Crippen LogP) is -0.645. The molecule has 4 heteroatoms. The molecule has 0 aromatic heterocycles. The van der Waals surface area contributed by atoms with E-state index in [2.05, 4.69) is 97.9 Å². The van der Waals surface area contributed by atoms with Gasteiger partial charge < -0.3 is 27.9 Å². The number of hydrogen-bond donors (Lipinski definition) is 0. The van der Waals surface area contributed by atoms with Crippen LogP contribution in [0.25, 0.3) is 0 Å². The first-order valence-corrected chi connectivity index (χ1v) is 9.40. The van der Waals surface area contributed by atoms with E-state index in [0.29, 0.717) is 0 Å². The Morgan fingerprint density at radius 1 is 0.542 bits per heavy atom. The monoisotopic (exact) mass is 406 g/mol. The zero-order chi connectivity index (χ0) is 14.5. The van der Waals surface area contributed by atoms with Gasteiger partial charge in [-0.15, -0.1) is 0 Å². The van der Waals surface area contributed by atoms with E-state index in [9.17, 15) is 0 Å². The summed E-state index contributed by atoms with van der Waals surface area (Å²) in [6, 6.07) is 33.0. The molecule has 0 heterocycles. The van der Waals surface area contributed by atoms with Crippen molar-refractivity contribution in [2.75, 3.05) is 6.16 Å². The maximum absolute atomic E-state index is 2.32. The molecule has 0 unspecified atom stereocenters. The molecule has 4 N–H and O–H groups in total. The zero-order valence-corrected chi connectivity index (χ0v) is 16.2. The third-order valence-electron chi connectivity index (χ3n) is 4.07. The van der Waals surface area contributed by atoms with Crippen molar-refractivity contribution in [3.63, 3.8) is 0 Å². The predicted molar refractivity (Wildman–Crippen MR) is 103 cm³/mol. The molecule has 0 amide bonds. The second-order valence-electron chi connectivity index (χ2n) is 5.13. The van der Waals surface area contributed by atoms with Crippen LogP contribution in [0, 0.1) is 0 Å². The van der Waals surface area contributed by atoms with Crippen molar-refractivity contribution in [2.45, 2.75) is 6.92 Å². The average Bonchev–Trinajstić information content (AvgIpc) is 2.59. The van der Waals surface area contributed by atoms with Crippen molar-refractivity contribution < 1.29 is 27.9 Å². The third kappa shape index (κ3) is 4.12. The summed E-state index contributed by atoms with van der Waals surface area (Å²) < 4.78 is 0. The van der Waals surface area contributed by atoms with Crippen LogP contribution in [0.3, 0.4) is 0 Å². The lowest BCUT2D eigenvalue weighted by Gasteiger charge is -2.26. The van der Waals surface area contributed by atoms with Gasteiger partial charge in [0.15, 0.2) is 0 Å². The van der Waals surface area contributed by atoms with Gasteiger partial charge in [-0.1, -0.05) is 54.6 Å². The standard InChI is InChI=1S/C20H20P.BrH.2H2O/c1-2-21(18-12-6-3-7-13-18,19-14-8-4-9-15-19)20-16-10-5-11-17-20;;;/h3-17H,2H2,1H3;1H;2*1H2/q+1;;;/p-1. The Morgan fingerprint density at radius 2 is 0.792 bits per heavy atom. The highest BCUT2D eigenvalue weighted by atomic mass is 79.9. The Labute approximate surface area is 155 Å². The van der Waals surface area contributed by atoms with Crippen molar-refractivity contribution in [3.8, 4) is 0 Å². The average molecular weight is 407 g/mol. The van der Waals surface area contributed by atoms with Gasteiger partial charge in [-0.3, -0.25) is 0 Å². The van der Waals surface area contributed by atoms with Gasteiger partial charge >= 0.3 is 0 Å². The van der Waals surface area contributed by atoms with Gasteiger partial charge in [0.1, 0.15) is 23.2 Å². The van der Waals surface area contributed by atoms with Crippen molar-refractivity contribution >= 4 is 23.2 Å². The summed E-state index contributed by atoms with van der Waals surface area (Å²) in [5.74, 6) is 0. The minimum Gasteiger partial charge on any atom is -1.00 e. The van der Waals surface area contributed by atoms with Crippen LogP contribution in [-0.4, -0.2) is 17.1 Å². The summed E-state index contributed by atoms with van der Waals surface area (Å²) in [5, 5.41) is 4.39. The van der Waals surface area contributed by atoms with Gasteiger partial charge in [0.2, 0.25) is 0 Å². The number of hydrogen-bond acceptors (Lipinski definition) is 0. The van der Waals surface area contributed by atoms with E-state index in [1.807, 2.05) is 0 Å². The Hall–Kier alpha value is -1.51. The van der Waals surface area contributed by atoms with Gasteiger partial charge in [0.05, 0.1) is 6.16 Å². The maximum atomic E-state index is 2.32. The van der Waals surface area contributed by atoms with Gasteiger partial charge in [0.25, 0.3) is 0 Å². The topological polar surface area (TPSA) is 63.0 Å². The van der Waals surface area contributed by atoms with Crippen molar-refractivity contribution in [1.29, 1.82) is 0 Å². The summed E-state index contributed by atoms with van der Waals surface area (Å²) >= 11 is 0. The molecule has 0 aliphatic heterocycles. The minimum absolute atomic E-state index is 0. The van der Waals surface area contributed by atoms with E-state index in [0.717, 1.165) is 6.16 Å². The Kier molecular flexibility index (Phi) is 9.72. The highest BCUT2D eigenvalue weighted by Gasteiger charge is 2.43. The lowest BCUT2D eigenvalue weighted by molar-refractivity contribution is -0.00000650. The first kappa shape index (κ1) is 22.5. The molecule has 24 heavy (non-hydrogen) atoms. The fourth-order valence-corrected chi connectivity index (χ4v) is 7.08. The van der Waals surface area contributed by atoms with Crippen LogP contribution in [-0.2, 0) is 0 Å². The number of halogens is 1. The van der Waals surface area contributed by atoms with Crippen LogP contribution < -0.4 is 32.9 Å². The molecule has 3 rings (SSSR count).